The highest BCUT2D eigenvalue weighted by Gasteiger charge is 2.26. The van der Waals surface area contributed by atoms with Crippen molar-refractivity contribution in [2.45, 2.75) is 38.9 Å². The number of alkyl halides is 3. The van der Waals surface area contributed by atoms with Crippen LogP contribution in [0, 0.1) is 0 Å². The van der Waals surface area contributed by atoms with Gasteiger partial charge >= 0.3 is 6.18 Å². The summed E-state index contributed by atoms with van der Waals surface area (Å²) in [5.41, 5.74) is 0.685. The number of nitrogens with one attached hydrogen (secondary N) is 1. The van der Waals surface area contributed by atoms with E-state index in [1.54, 1.807) is 0 Å². The van der Waals surface area contributed by atoms with E-state index in [0.717, 1.165) is 11.4 Å². The van der Waals surface area contributed by atoms with Crippen molar-refractivity contribution in [3.63, 3.8) is 0 Å². The summed E-state index contributed by atoms with van der Waals surface area (Å²) in [5, 5.41) is 5.13. The molecular formula is C10H15F3N2S. The largest absolute Gasteiger partial charge is 0.401 e. The van der Waals surface area contributed by atoms with Crippen LogP contribution in [0.5, 0.6) is 0 Å². The summed E-state index contributed by atoms with van der Waals surface area (Å²) in [4.78, 5) is 4.29. The lowest BCUT2D eigenvalue weighted by molar-refractivity contribution is -0.125. The molecule has 0 spiro atoms. The third-order valence-corrected chi connectivity index (χ3v) is 3.36. The zero-order valence-electron chi connectivity index (χ0n) is 9.27. The Morgan fingerprint density at radius 3 is 2.75 bits per heavy atom. The average molecular weight is 252 g/mol. The normalized spacial score (nSPS) is 14.1. The highest BCUT2D eigenvalue weighted by Crippen LogP contribution is 2.22. The summed E-state index contributed by atoms with van der Waals surface area (Å²) < 4.78 is 35.6. The molecule has 0 saturated carbocycles. The molecule has 1 aromatic rings. The SMILES string of the molecule is CCC(C)c1nc(CNCC(F)(F)F)cs1. The Balaban J connectivity index is 2.41. The van der Waals surface area contributed by atoms with Crippen LogP contribution < -0.4 is 5.32 Å². The van der Waals surface area contributed by atoms with Crippen LogP contribution in [0.3, 0.4) is 0 Å². The van der Waals surface area contributed by atoms with Gasteiger partial charge in [0.15, 0.2) is 0 Å². The van der Waals surface area contributed by atoms with Crippen molar-refractivity contribution < 1.29 is 13.2 Å². The zero-order chi connectivity index (χ0) is 12.2. The third-order valence-electron chi connectivity index (χ3n) is 2.24. The maximum Gasteiger partial charge on any atom is 0.401 e. The van der Waals surface area contributed by atoms with Gasteiger partial charge in [-0.15, -0.1) is 11.3 Å². The van der Waals surface area contributed by atoms with Gasteiger partial charge in [0.25, 0.3) is 0 Å². The Morgan fingerprint density at radius 1 is 1.50 bits per heavy atom. The van der Waals surface area contributed by atoms with Crippen LogP contribution in [0.25, 0.3) is 0 Å². The van der Waals surface area contributed by atoms with Crippen molar-refractivity contribution in [3.05, 3.63) is 16.1 Å². The van der Waals surface area contributed by atoms with Crippen LogP contribution in [0.2, 0.25) is 0 Å². The maximum absolute atomic E-state index is 11.9. The average Bonchev–Trinajstić information content (AvgIpc) is 2.63. The Kier molecular flexibility index (Phi) is 4.73. The van der Waals surface area contributed by atoms with Crippen molar-refractivity contribution >= 4 is 11.3 Å². The molecule has 1 N–H and O–H groups in total. The van der Waals surface area contributed by atoms with E-state index in [9.17, 15) is 13.2 Å². The van der Waals surface area contributed by atoms with Gasteiger partial charge < -0.3 is 5.32 Å². The van der Waals surface area contributed by atoms with Crippen LogP contribution in [0.4, 0.5) is 13.2 Å². The number of hydrogen-bond acceptors (Lipinski definition) is 3. The van der Waals surface area contributed by atoms with Crippen molar-refractivity contribution in [3.8, 4) is 0 Å². The first-order valence-corrected chi connectivity index (χ1v) is 6.02. The summed E-state index contributed by atoms with van der Waals surface area (Å²) in [5.74, 6) is 0.376. The van der Waals surface area contributed by atoms with Crippen LogP contribution in [0.1, 0.15) is 36.9 Å². The number of aromatic nitrogens is 1. The molecule has 1 unspecified atom stereocenters. The van der Waals surface area contributed by atoms with Crippen molar-refractivity contribution in [1.29, 1.82) is 0 Å². The fourth-order valence-electron chi connectivity index (χ4n) is 1.14. The predicted molar refractivity (Wildman–Crippen MR) is 58.6 cm³/mol. The summed E-state index contributed by atoms with van der Waals surface area (Å²) in [6.07, 6.45) is -3.17. The molecule has 0 saturated heterocycles. The molecule has 6 heteroatoms. The van der Waals surface area contributed by atoms with Crippen LogP contribution in [-0.4, -0.2) is 17.7 Å². The summed E-state index contributed by atoms with van der Waals surface area (Å²) >= 11 is 1.51. The lowest BCUT2D eigenvalue weighted by atomic mass is 10.1. The van der Waals surface area contributed by atoms with Crippen molar-refractivity contribution in [1.82, 2.24) is 10.3 Å². The molecule has 1 heterocycles. The van der Waals surface area contributed by atoms with Gasteiger partial charge in [0.1, 0.15) is 0 Å². The number of nitrogens with zero attached hydrogens (tertiary/aromatic N) is 1. The van der Waals surface area contributed by atoms with E-state index in [4.69, 9.17) is 0 Å². The topological polar surface area (TPSA) is 24.9 Å². The molecule has 16 heavy (non-hydrogen) atoms. The minimum absolute atomic E-state index is 0.173. The number of hydrogen-bond donors (Lipinski definition) is 1. The Hall–Kier alpha value is -0.620. The molecule has 2 nitrogen and oxygen atoms in total. The van der Waals surface area contributed by atoms with E-state index in [0.29, 0.717) is 11.6 Å². The molecule has 0 bridgehead atoms. The van der Waals surface area contributed by atoms with E-state index >= 15 is 0 Å². The van der Waals surface area contributed by atoms with Crippen LogP contribution in [-0.2, 0) is 6.54 Å². The second kappa shape index (κ2) is 5.63. The predicted octanol–water partition coefficient (Wildman–Crippen LogP) is 3.31. The minimum Gasteiger partial charge on any atom is -0.303 e. The molecule has 0 radical (unpaired) electrons. The van der Waals surface area contributed by atoms with Gasteiger partial charge in [0, 0.05) is 17.8 Å². The van der Waals surface area contributed by atoms with E-state index in [-0.39, 0.29) is 6.54 Å². The quantitative estimate of drug-likeness (QED) is 0.869. The van der Waals surface area contributed by atoms with Gasteiger partial charge in [-0.2, -0.15) is 13.2 Å². The molecule has 92 valence electrons. The zero-order valence-corrected chi connectivity index (χ0v) is 10.1. The number of thiazole rings is 1. The van der Waals surface area contributed by atoms with Gasteiger partial charge in [-0.05, 0) is 6.42 Å². The maximum atomic E-state index is 11.9. The second-order valence-corrected chi connectivity index (χ2v) is 4.59. The Bertz CT molecular complexity index is 322. The molecule has 0 amide bonds. The first-order chi connectivity index (χ1) is 7.42. The minimum atomic E-state index is -4.16. The molecule has 0 aliphatic rings. The lowest BCUT2D eigenvalue weighted by Gasteiger charge is -2.06. The third kappa shape index (κ3) is 4.49. The fourth-order valence-corrected chi connectivity index (χ4v) is 2.10. The molecule has 0 aliphatic carbocycles. The molecule has 1 rings (SSSR count). The van der Waals surface area contributed by atoms with Gasteiger partial charge in [0.05, 0.1) is 17.2 Å². The van der Waals surface area contributed by atoms with Gasteiger partial charge in [-0.25, -0.2) is 4.98 Å². The Labute approximate surface area is 96.9 Å². The number of halogens is 3. The molecule has 0 fully saturated rings. The Morgan fingerprint density at radius 2 is 2.19 bits per heavy atom. The molecule has 0 aliphatic heterocycles. The first kappa shape index (κ1) is 13.4. The van der Waals surface area contributed by atoms with E-state index in [1.807, 2.05) is 5.38 Å². The summed E-state index contributed by atoms with van der Waals surface area (Å²) in [6, 6.07) is 0. The lowest BCUT2D eigenvalue weighted by Crippen LogP contribution is -2.28. The summed E-state index contributed by atoms with van der Waals surface area (Å²) in [6.45, 7) is 3.33. The van der Waals surface area contributed by atoms with Crippen molar-refractivity contribution in [2.75, 3.05) is 6.54 Å². The standard InChI is InChI=1S/C10H15F3N2S/c1-3-7(2)9-15-8(5-16-9)4-14-6-10(11,12)13/h5,7,14H,3-4,6H2,1-2H3. The van der Waals surface area contributed by atoms with E-state index in [2.05, 4.69) is 24.1 Å². The molecule has 0 aromatic carbocycles. The molecule has 1 aromatic heterocycles. The number of rotatable bonds is 5. The van der Waals surface area contributed by atoms with E-state index < -0.39 is 12.7 Å². The van der Waals surface area contributed by atoms with Crippen LogP contribution in [0.15, 0.2) is 5.38 Å². The molecule has 1 atom stereocenters. The van der Waals surface area contributed by atoms with Crippen molar-refractivity contribution in [2.24, 2.45) is 0 Å². The summed E-state index contributed by atoms with van der Waals surface area (Å²) in [7, 11) is 0. The van der Waals surface area contributed by atoms with Crippen LogP contribution >= 0.6 is 11.3 Å². The second-order valence-electron chi connectivity index (χ2n) is 3.71. The molecular weight excluding hydrogens is 237 g/mol. The monoisotopic (exact) mass is 252 g/mol. The van der Waals surface area contributed by atoms with Gasteiger partial charge in [0.2, 0.25) is 0 Å². The van der Waals surface area contributed by atoms with Gasteiger partial charge in [-0.1, -0.05) is 13.8 Å². The van der Waals surface area contributed by atoms with E-state index in [1.165, 1.54) is 11.3 Å². The highest BCUT2D eigenvalue weighted by atomic mass is 32.1. The smallest absolute Gasteiger partial charge is 0.303 e. The highest BCUT2D eigenvalue weighted by molar-refractivity contribution is 7.09. The first-order valence-electron chi connectivity index (χ1n) is 5.14. The van der Waals surface area contributed by atoms with Gasteiger partial charge in [-0.3, -0.25) is 0 Å². The fraction of sp³-hybridized carbons (Fsp3) is 0.700.